The van der Waals surface area contributed by atoms with Gasteiger partial charge in [0.25, 0.3) is 5.91 Å². The first kappa shape index (κ1) is 30.1. The lowest BCUT2D eigenvalue weighted by Crippen LogP contribution is -2.58. The van der Waals surface area contributed by atoms with Crippen LogP contribution in [0.25, 0.3) is 32.9 Å². The van der Waals surface area contributed by atoms with Crippen molar-refractivity contribution in [2.24, 2.45) is 0 Å². The van der Waals surface area contributed by atoms with Gasteiger partial charge in [-0.25, -0.2) is 18.0 Å². The fourth-order valence-electron chi connectivity index (χ4n) is 7.78. The number of hydrogen-bond acceptors (Lipinski definition) is 9. The van der Waals surface area contributed by atoms with Gasteiger partial charge in [0.05, 0.1) is 21.9 Å². The maximum Gasteiger partial charge on any atom is 0.322 e. The van der Waals surface area contributed by atoms with Gasteiger partial charge >= 0.3 is 12.0 Å². The van der Waals surface area contributed by atoms with E-state index in [4.69, 9.17) is 4.74 Å². The van der Waals surface area contributed by atoms with Crippen molar-refractivity contribution >= 4 is 55.4 Å². The molecule has 2 aromatic heterocycles. The molecule has 8 rings (SSSR count). The Morgan fingerprint density at radius 3 is 2.77 bits per heavy atom. The third-order valence-electron chi connectivity index (χ3n) is 9.93. The molecule has 1 unspecified atom stereocenters. The van der Waals surface area contributed by atoms with Crippen molar-refractivity contribution in [3.05, 3.63) is 46.6 Å². The van der Waals surface area contributed by atoms with Crippen LogP contribution < -0.4 is 20.3 Å². The molecular formula is C32H29BrF3N7O4. The molecule has 3 N–H and O–H groups in total. The largest absolute Gasteiger partial charge is 0.508 e. The van der Waals surface area contributed by atoms with Crippen LogP contribution in [-0.4, -0.2) is 86.9 Å². The Bertz CT molecular complexity index is 2000. The molecule has 4 aliphatic heterocycles. The number of aromatic nitrogens is 3. The van der Waals surface area contributed by atoms with Gasteiger partial charge < -0.3 is 20.1 Å². The van der Waals surface area contributed by atoms with Gasteiger partial charge in [0.15, 0.2) is 5.82 Å². The van der Waals surface area contributed by atoms with Crippen LogP contribution in [0.5, 0.6) is 11.8 Å². The number of imide groups is 1. The minimum absolute atomic E-state index is 0.0597. The molecule has 4 saturated heterocycles. The van der Waals surface area contributed by atoms with Crippen LogP contribution in [0.1, 0.15) is 32.1 Å². The third-order valence-corrected chi connectivity index (χ3v) is 10.7. The zero-order valence-electron chi connectivity index (χ0n) is 25.0. The summed E-state index contributed by atoms with van der Waals surface area (Å²) in [6.07, 6.45) is 3.31. The Kier molecular flexibility index (Phi) is 6.99. The zero-order valence-corrected chi connectivity index (χ0v) is 26.5. The molecule has 1 spiro atoms. The number of fused-ring (bicyclic) bond motifs is 3. The van der Waals surface area contributed by atoms with E-state index in [2.05, 4.69) is 46.4 Å². The summed E-state index contributed by atoms with van der Waals surface area (Å²) in [5.74, 6) is -1.80. The monoisotopic (exact) mass is 711 g/mol. The van der Waals surface area contributed by atoms with E-state index >= 15 is 4.39 Å². The summed E-state index contributed by atoms with van der Waals surface area (Å²) >= 11 is 3.27. The molecule has 15 heteroatoms. The number of aromatic hydroxyl groups is 1. The number of amides is 3. The number of pyridine rings is 1. The van der Waals surface area contributed by atoms with E-state index in [1.807, 2.05) is 0 Å². The lowest BCUT2D eigenvalue weighted by Gasteiger charge is -2.39. The van der Waals surface area contributed by atoms with Gasteiger partial charge in [-0.2, -0.15) is 9.97 Å². The molecule has 0 saturated carbocycles. The number of anilines is 1. The fraction of sp³-hybridized carbons (Fsp3) is 0.406. The first-order chi connectivity index (χ1) is 22.6. The number of rotatable bonds is 5. The highest BCUT2D eigenvalue weighted by atomic mass is 79.9. The van der Waals surface area contributed by atoms with Gasteiger partial charge in [0.2, 0.25) is 0 Å². The predicted molar refractivity (Wildman–Crippen MR) is 169 cm³/mol. The Morgan fingerprint density at radius 2 is 1.96 bits per heavy atom. The van der Waals surface area contributed by atoms with Gasteiger partial charge in [-0.3, -0.25) is 20.0 Å². The number of piperidine rings is 1. The number of ether oxygens (including phenoxy) is 1. The molecule has 6 heterocycles. The molecule has 3 atom stereocenters. The Morgan fingerprint density at radius 1 is 1.13 bits per heavy atom. The minimum atomic E-state index is -1.19. The zero-order chi connectivity index (χ0) is 32.7. The summed E-state index contributed by atoms with van der Waals surface area (Å²) in [4.78, 5) is 42.4. The van der Waals surface area contributed by atoms with E-state index in [0.29, 0.717) is 43.1 Å². The van der Waals surface area contributed by atoms with Gasteiger partial charge in [-0.1, -0.05) is 6.07 Å². The summed E-state index contributed by atoms with van der Waals surface area (Å²) in [5, 5.41) is 16.5. The Labute approximate surface area is 274 Å². The highest BCUT2D eigenvalue weighted by Crippen LogP contribution is 2.43. The smallest absolute Gasteiger partial charge is 0.322 e. The summed E-state index contributed by atoms with van der Waals surface area (Å²) in [7, 11) is 0. The number of alkyl halides is 1. The topological polar surface area (TPSA) is 133 Å². The highest BCUT2D eigenvalue weighted by molar-refractivity contribution is 9.10. The van der Waals surface area contributed by atoms with Crippen LogP contribution in [0, 0.1) is 11.6 Å². The van der Waals surface area contributed by atoms with Gasteiger partial charge in [-0.05, 0) is 71.7 Å². The minimum Gasteiger partial charge on any atom is -0.508 e. The van der Waals surface area contributed by atoms with Crippen molar-refractivity contribution in [3.8, 4) is 23.0 Å². The molecule has 0 aliphatic carbocycles. The summed E-state index contributed by atoms with van der Waals surface area (Å²) < 4.78 is 52.2. The van der Waals surface area contributed by atoms with Crippen LogP contribution in [0.15, 0.2) is 34.9 Å². The van der Waals surface area contributed by atoms with Gasteiger partial charge in [-0.15, -0.1) is 0 Å². The normalized spacial score (nSPS) is 26.0. The molecule has 0 bridgehead atoms. The van der Waals surface area contributed by atoms with Crippen LogP contribution in [0.4, 0.5) is 23.8 Å². The molecule has 4 fully saturated rings. The highest BCUT2D eigenvalue weighted by Gasteiger charge is 2.50. The van der Waals surface area contributed by atoms with E-state index in [1.165, 1.54) is 30.5 Å². The van der Waals surface area contributed by atoms with Crippen LogP contribution in [0.2, 0.25) is 0 Å². The number of nitrogens with one attached hydrogen (secondary N) is 2. The molecular weight excluding hydrogens is 683 g/mol. The second kappa shape index (κ2) is 10.9. The van der Waals surface area contributed by atoms with Crippen molar-refractivity contribution < 1.29 is 32.6 Å². The number of nitrogens with zero attached hydrogens (tertiary/aromatic N) is 5. The number of carbonyl (C=O) groups is 2. The van der Waals surface area contributed by atoms with Crippen LogP contribution >= 0.6 is 15.9 Å². The van der Waals surface area contributed by atoms with E-state index in [9.17, 15) is 23.5 Å². The number of phenolic OH excluding ortho intramolecular Hbond substituents is 1. The number of hydrogen-bond donors (Lipinski definition) is 3. The number of phenols is 1. The first-order valence-electron chi connectivity index (χ1n) is 15.4. The summed E-state index contributed by atoms with van der Waals surface area (Å²) in [6.45, 7) is 1.68. The van der Waals surface area contributed by atoms with Gasteiger partial charge in [0.1, 0.15) is 46.9 Å². The second-order valence-electron chi connectivity index (χ2n) is 12.8. The quantitative estimate of drug-likeness (QED) is 0.252. The predicted octanol–water partition coefficient (Wildman–Crippen LogP) is 4.72. The average Bonchev–Trinajstić information content (AvgIpc) is 3.66. The lowest BCUT2D eigenvalue weighted by atomic mass is 9.89. The lowest BCUT2D eigenvalue weighted by molar-refractivity contribution is -0.124. The Balaban J connectivity index is 1.27. The molecule has 4 aromatic rings. The van der Waals surface area contributed by atoms with E-state index < -0.39 is 40.8 Å². The van der Waals surface area contributed by atoms with Crippen molar-refractivity contribution in [1.29, 1.82) is 0 Å². The summed E-state index contributed by atoms with van der Waals surface area (Å²) in [6, 6.07) is 4.73. The van der Waals surface area contributed by atoms with Crippen molar-refractivity contribution in [2.75, 3.05) is 37.7 Å². The van der Waals surface area contributed by atoms with Crippen LogP contribution in [0.3, 0.4) is 0 Å². The third kappa shape index (κ3) is 4.84. The second-order valence-corrected chi connectivity index (χ2v) is 13.6. The number of urea groups is 1. The molecule has 4 aliphatic rings. The molecule has 244 valence electrons. The molecule has 2 aromatic carbocycles. The molecule has 0 radical (unpaired) electrons. The van der Waals surface area contributed by atoms with E-state index in [1.54, 1.807) is 4.90 Å². The van der Waals surface area contributed by atoms with Gasteiger partial charge in [0, 0.05) is 36.7 Å². The first-order valence-corrected chi connectivity index (χ1v) is 16.2. The fourth-order valence-corrected chi connectivity index (χ4v) is 8.36. The molecule has 3 amide bonds. The SMILES string of the molecule is O=C1NC(=O)C2(CCCN(c3nc(OC[C@@]45CCCN4C[C@H](F)C5)nc4c(F)c(-c5cc(O)cc6ccc(F)c(Br)c56)ncc34)C2)N1. The molecule has 47 heavy (non-hydrogen) atoms. The van der Waals surface area contributed by atoms with Crippen LogP contribution in [-0.2, 0) is 4.79 Å². The maximum atomic E-state index is 16.8. The summed E-state index contributed by atoms with van der Waals surface area (Å²) in [5.41, 5.74) is -1.91. The average molecular weight is 713 g/mol. The number of carbonyl (C=O) groups excluding carboxylic acids is 2. The standard InChI is InChI=1S/C32H29BrF3N7O4/c33-23-21(35)4-3-16-9-18(44)10-19(22(16)23)25-24(36)26-20(12-37-25)27(42-7-2-6-32(14-42)28(45)40-29(46)41-32)39-30(38-26)47-15-31-5-1-8-43(31)13-17(34)11-31/h3-4,9-10,12,17,44H,1-2,5-8,11,13-15H2,(H2,40,41,45,46)/t17-,31+,32?/m1/s1. The maximum absolute atomic E-state index is 16.8. The number of benzene rings is 2. The Hall–Kier alpha value is -4.24. The van der Waals surface area contributed by atoms with E-state index in [0.717, 1.165) is 19.4 Å². The van der Waals surface area contributed by atoms with Crippen molar-refractivity contribution in [2.45, 2.75) is 49.4 Å². The number of halogens is 4. The van der Waals surface area contributed by atoms with Crippen molar-refractivity contribution in [3.63, 3.8) is 0 Å². The van der Waals surface area contributed by atoms with E-state index in [-0.39, 0.29) is 57.4 Å². The molecule has 11 nitrogen and oxygen atoms in total. The van der Waals surface area contributed by atoms with Crippen molar-refractivity contribution in [1.82, 2.24) is 30.5 Å².